The van der Waals surface area contributed by atoms with Gasteiger partial charge in [-0.3, -0.25) is 0 Å². The average molecular weight is 194 g/mol. The molecule has 0 N–H and O–H groups in total. The van der Waals surface area contributed by atoms with Crippen LogP contribution in [0.2, 0.25) is 0 Å². The number of hydrogen-bond donors (Lipinski definition) is 0. The molecule has 1 rings (SSSR count). The molecule has 2 nitrogen and oxygen atoms in total. The van der Waals surface area contributed by atoms with Crippen molar-refractivity contribution in [1.82, 2.24) is 9.55 Å². The van der Waals surface area contributed by atoms with E-state index in [9.17, 15) is 0 Å². The van der Waals surface area contributed by atoms with Crippen LogP contribution in [0.5, 0.6) is 0 Å². The van der Waals surface area contributed by atoms with E-state index in [1.165, 1.54) is 18.7 Å². The second-order valence-electron chi connectivity index (χ2n) is 4.67. The van der Waals surface area contributed by atoms with E-state index in [4.69, 9.17) is 0 Å². The predicted octanol–water partition coefficient (Wildman–Crippen LogP) is 3.44. The van der Waals surface area contributed by atoms with Crippen molar-refractivity contribution in [3.8, 4) is 0 Å². The number of rotatable bonds is 5. The Bertz CT molecular complexity index is 261. The van der Waals surface area contributed by atoms with Crippen molar-refractivity contribution >= 4 is 0 Å². The molecule has 2 heteroatoms. The molecule has 80 valence electrons. The van der Waals surface area contributed by atoms with E-state index in [2.05, 4.69) is 43.4 Å². The van der Waals surface area contributed by atoms with Crippen molar-refractivity contribution in [3.05, 3.63) is 18.2 Å². The maximum Gasteiger partial charge on any atom is 0.111 e. The van der Waals surface area contributed by atoms with Crippen LogP contribution in [0.25, 0.3) is 0 Å². The molecule has 1 aromatic rings. The molecule has 0 aliphatic heterocycles. The second-order valence-corrected chi connectivity index (χ2v) is 4.67. The summed E-state index contributed by atoms with van der Waals surface area (Å²) in [6.45, 7) is 10.1. The summed E-state index contributed by atoms with van der Waals surface area (Å²) < 4.78 is 2.28. The highest BCUT2D eigenvalue weighted by atomic mass is 15.1. The fourth-order valence-electron chi connectivity index (χ4n) is 1.68. The monoisotopic (exact) mass is 194 g/mol. The summed E-state index contributed by atoms with van der Waals surface area (Å²) in [7, 11) is 0. The molecular formula is C12H22N2. The SMILES string of the molecule is CC(C)CCCn1ccnc1C(C)C. The average Bonchev–Trinajstić information content (AvgIpc) is 2.51. The Morgan fingerprint density at radius 2 is 2.00 bits per heavy atom. The first kappa shape index (κ1) is 11.3. The molecule has 14 heavy (non-hydrogen) atoms. The highest BCUT2D eigenvalue weighted by molar-refractivity contribution is 4.97. The summed E-state index contributed by atoms with van der Waals surface area (Å²) in [5, 5.41) is 0. The first-order valence-corrected chi connectivity index (χ1v) is 5.62. The van der Waals surface area contributed by atoms with Crippen LogP contribution < -0.4 is 0 Å². The fourth-order valence-corrected chi connectivity index (χ4v) is 1.68. The molecule has 0 aliphatic carbocycles. The van der Waals surface area contributed by atoms with Crippen LogP contribution in [0.4, 0.5) is 0 Å². The summed E-state index contributed by atoms with van der Waals surface area (Å²) in [6.07, 6.45) is 6.56. The molecule has 0 radical (unpaired) electrons. The summed E-state index contributed by atoms with van der Waals surface area (Å²) >= 11 is 0. The minimum Gasteiger partial charge on any atom is -0.335 e. The number of aromatic nitrogens is 2. The Hall–Kier alpha value is -0.790. The Balaban J connectivity index is 2.46. The lowest BCUT2D eigenvalue weighted by molar-refractivity contribution is 0.499. The highest BCUT2D eigenvalue weighted by Crippen LogP contribution is 2.13. The van der Waals surface area contributed by atoms with Gasteiger partial charge in [0.1, 0.15) is 5.82 Å². The zero-order chi connectivity index (χ0) is 10.6. The van der Waals surface area contributed by atoms with Gasteiger partial charge in [-0.05, 0) is 18.8 Å². The third-order valence-corrected chi connectivity index (χ3v) is 2.44. The van der Waals surface area contributed by atoms with E-state index < -0.39 is 0 Å². The van der Waals surface area contributed by atoms with E-state index in [1.54, 1.807) is 0 Å². The van der Waals surface area contributed by atoms with Crippen molar-refractivity contribution in [2.75, 3.05) is 0 Å². The normalized spacial score (nSPS) is 11.6. The number of aryl methyl sites for hydroxylation is 1. The minimum atomic E-state index is 0.532. The maximum absolute atomic E-state index is 4.38. The van der Waals surface area contributed by atoms with Crippen LogP contribution in [-0.4, -0.2) is 9.55 Å². The fraction of sp³-hybridized carbons (Fsp3) is 0.750. The molecule has 0 fully saturated rings. The van der Waals surface area contributed by atoms with E-state index in [-0.39, 0.29) is 0 Å². The molecule has 0 bridgehead atoms. The van der Waals surface area contributed by atoms with Crippen LogP contribution in [0.15, 0.2) is 12.4 Å². The summed E-state index contributed by atoms with van der Waals surface area (Å²) in [4.78, 5) is 4.38. The van der Waals surface area contributed by atoms with Crippen molar-refractivity contribution in [3.63, 3.8) is 0 Å². The molecule has 1 heterocycles. The quantitative estimate of drug-likeness (QED) is 0.702. The van der Waals surface area contributed by atoms with Gasteiger partial charge in [0.2, 0.25) is 0 Å². The first-order valence-electron chi connectivity index (χ1n) is 5.62. The van der Waals surface area contributed by atoms with E-state index >= 15 is 0 Å². The minimum absolute atomic E-state index is 0.532. The lowest BCUT2D eigenvalue weighted by Gasteiger charge is -2.10. The zero-order valence-corrected chi connectivity index (χ0v) is 9.83. The van der Waals surface area contributed by atoms with E-state index in [1.807, 2.05) is 6.20 Å². The van der Waals surface area contributed by atoms with Gasteiger partial charge in [-0.25, -0.2) is 4.98 Å². The maximum atomic E-state index is 4.38. The molecule has 0 aliphatic rings. The first-order chi connectivity index (χ1) is 6.61. The van der Waals surface area contributed by atoms with Crippen LogP contribution in [0.3, 0.4) is 0 Å². The number of imidazole rings is 1. The zero-order valence-electron chi connectivity index (χ0n) is 9.83. The predicted molar refractivity (Wildman–Crippen MR) is 60.4 cm³/mol. The summed E-state index contributed by atoms with van der Waals surface area (Å²) in [5.41, 5.74) is 0. The Labute approximate surface area is 87.4 Å². The number of nitrogens with zero attached hydrogens (tertiary/aromatic N) is 2. The van der Waals surface area contributed by atoms with Gasteiger partial charge in [0.15, 0.2) is 0 Å². The molecular weight excluding hydrogens is 172 g/mol. The van der Waals surface area contributed by atoms with Gasteiger partial charge in [0.05, 0.1) is 0 Å². The lowest BCUT2D eigenvalue weighted by atomic mass is 10.1. The van der Waals surface area contributed by atoms with Gasteiger partial charge in [0.25, 0.3) is 0 Å². The van der Waals surface area contributed by atoms with Gasteiger partial charge in [-0.1, -0.05) is 27.7 Å². The van der Waals surface area contributed by atoms with Gasteiger partial charge in [-0.15, -0.1) is 0 Å². The van der Waals surface area contributed by atoms with Gasteiger partial charge >= 0.3 is 0 Å². The standard InChI is InChI=1S/C12H22N2/c1-10(2)6-5-8-14-9-7-13-12(14)11(3)4/h7,9-11H,5-6,8H2,1-4H3. The highest BCUT2D eigenvalue weighted by Gasteiger charge is 2.06. The van der Waals surface area contributed by atoms with E-state index in [0.29, 0.717) is 5.92 Å². The smallest absolute Gasteiger partial charge is 0.111 e. The summed E-state index contributed by atoms with van der Waals surface area (Å²) in [5.74, 6) is 2.55. The second kappa shape index (κ2) is 5.18. The molecule has 0 spiro atoms. The van der Waals surface area contributed by atoms with Crippen molar-refractivity contribution in [1.29, 1.82) is 0 Å². The van der Waals surface area contributed by atoms with Crippen molar-refractivity contribution in [2.45, 2.75) is 53.0 Å². The molecule has 0 saturated heterocycles. The Kier molecular flexibility index (Phi) is 4.18. The topological polar surface area (TPSA) is 17.8 Å². The molecule has 0 aromatic carbocycles. The Morgan fingerprint density at radius 1 is 1.29 bits per heavy atom. The van der Waals surface area contributed by atoms with Gasteiger partial charge < -0.3 is 4.57 Å². The molecule has 0 unspecified atom stereocenters. The molecule has 0 amide bonds. The van der Waals surface area contributed by atoms with Crippen LogP contribution in [-0.2, 0) is 6.54 Å². The summed E-state index contributed by atoms with van der Waals surface area (Å²) in [6, 6.07) is 0. The van der Waals surface area contributed by atoms with Gasteiger partial charge in [0, 0.05) is 24.9 Å². The Morgan fingerprint density at radius 3 is 2.57 bits per heavy atom. The van der Waals surface area contributed by atoms with Crippen LogP contribution in [0.1, 0.15) is 52.3 Å². The van der Waals surface area contributed by atoms with Crippen LogP contribution >= 0.6 is 0 Å². The lowest BCUT2D eigenvalue weighted by Crippen LogP contribution is -2.05. The van der Waals surface area contributed by atoms with Gasteiger partial charge in [-0.2, -0.15) is 0 Å². The molecule has 0 saturated carbocycles. The molecule has 1 aromatic heterocycles. The van der Waals surface area contributed by atoms with Crippen molar-refractivity contribution < 1.29 is 0 Å². The van der Waals surface area contributed by atoms with E-state index in [0.717, 1.165) is 12.5 Å². The largest absolute Gasteiger partial charge is 0.335 e. The molecule has 0 atom stereocenters. The van der Waals surface area contributed by atoms with Crippen molar-refractivity contribution in [2.24, 2.45) is 5.92 Å². The number of hydrogen-bond acceptors (Lipinski definition) is 1. The van der Waals surface area contributed by atoms with Crippen LogP contribution in [0, 0.1) is 5.92 Å². The third kappa shape index (κ3) is 3.17. The third-order valence-electron chi connectivity index (χ3n) is 2.44.